The van der Waals surface area contributed by atoms with Crippen LogP contribution in [-0.4, -0.2) is 30.2 Å². The monoisotopic (exact) mass is 346 g/mol. The van der Waals surface area contributed by atoms with E-state index in [1.54, 1.807) is 18.2 Å². The van der Waals surface area contributed by atoms with Gasteiger partial charge in [0.1, 0.15) is 11.5 Å². The maximum absolute atomic E-state index is 13.6. The van der Waals surface area contributed by atoms with Gasteiger partial charge in [-0.2, -0.15) is 18.4 Å². The van der Waals surface area contributed by atoms with Gasteiger partial charge in [0.25, 0.3) is 0 Å². The molecule has 2 N–H and O–H groups in total. The molecule has 2 heterocycles. The molecule has 1 aromatic carbocycles. The number of rotatable bonds is 2. The highest BCUT2D eigenvalue weighted by Gasteiger charge is 2.85. The number of piperidine rings is 1. The van der Waals surface area contributed by atoms with Crippen molar-refractivity contribution in [1.82, 2.24) is 4.98 Å². The van der Waals surface area contributed by atoms with Crippen molar-refractivity contribution in [1.29, 1.82) is 5.26 Å². The molecule has 4 rings (SSSR count). The number of hydrogen-bond donors (Lipinski definition) is 1. The van der Waals surface area contributed by atoms with E-state index >= 15 is 0 Å². The minimum atomic E-state index is -4.50. The first-order chi connectivity index (χ1) is 11.8. The van der Waals surface area contributed by atoms with E-state index in [1.807, 2.05) is 6.07 Å². The fraction of sp³-hybridized carbons (Fsp3) is 0.353. The molecule has 0 spiro atoms. The van der Waals surface area contributed by atoms with Crippen LogP contribution < -0.4 is 10.6 Å². The van der Waals surface area contributed by atoms with Crippen LogP contribution in [0.15, 0.2) is 30.5 Å². The van der Waals surface area contributed by atoms with Gasteiger partial charge in [0, 0.05) is 30.4 Å². The van der Waals surface area contributed by atoms with E-state index in [0.717, 1.165) is 0 Å². The van der Waals surface area contributed by atoms with Crippen LogP contribution in [0.25, 0.3) is 10.9 Å². The molecular weight excluding hydrogens is 333 g/mol. The molecule has 2 aromatic rings. The summed E-state index contributed by atoms with van der Waals surface area (Å²) in [6.45, 7) is -0.410. The SMILES string of the molecule is N#Cc1ccc(N2CC3(C(N)=O)C[C@]3(C(F)(F)F)C2)c2cccnc12. The van der Waals surface area contributed by atoms with E-state index in [4.69, 9.17) is 5.73 Å². The lowest BCUT2D eigenvalue weighted by atomic mass is 9.95. The third-order valence-corrected chi connectivity index (χ3v) is 5.54. The Kier molecular flexibility index (Phi) is 2.90. The van der Waals surface area contributed by atoms with Gasteiger partial charge in [-0.3, -0.25) is 9.78 Å². The standard InChI is InChI=1S/C17H13F3N4O/c18-17(19,20)16-7-15(16,14(22)25)8-24(9-16)12-4-3-10(6-21)13-11(12)2-1-5-23-13/h1-5H,7-9H2,(H2,22,25)/t15?,16-/m0/s1. The highest BCUT2D eigenvalue weighted by Crippen LogP contribution is 2.74. The van der Waals surface area contributed by atoms with E-state index in [1.165, 1.54) is 17.2 Å². The summed E-state index contributed by atoms with van der Waals surface area (Å²) >= 11 is 0. The number of carbonyl (C=O) groups excluding carboxylic acids is 1. The summed E-state index contributed by atoms with van der Waals surface area (Å²) in [5.41, 5.74) is 2.97. The molecule has 2 fully saturated rings. The van der Waals surface area contributed by atoms with Gasteiger partial charge < -0.3 is 10.6 Å². The van der Waals surface area contributed by atoms with Crippen molar-refractivity contribution in [2.75, 3.05) is 18.0 Å². The zero-order chi connectivity index (χ0) is 18.0. The molecule has 5 nitrogen and oxygen atoms in total. The van der Waals surface area contributed by atoms with Gasteiger partial charge in [0.05, 0.1) is 16.5 Å². The topological polar surface area (TPSA) is 83.0 Å². The van der Waals surface area contributed by atoms with Crippen molar-refractivity contribution in [3.63, 3.8) is 0 Å². The molecule has 25 heavy (non-hydrogen) atoms. The van der Waals surface area contributed by atoms with Crippen molar-refractivity contribution in [2.24, 2.45) is 16.6 Å². The van der Waals surface area contributed by atoms with E-state index in [2.05, 4.69) is 4.98 Å². The lowest BCUT2D eigenvalue weighted by Gasteiger charge is -2.25. The summed E-state index contributed by atoms with van der Waals surface area (Å²) in [4.78, 5) is 17.5. The number of nitrogens with two attached hydrogens (primary N) is 1. The lowest BCUT2D eigenvalue weighted by molar-refractivity contribution is -0.191. The number of aromatic nitrogens is 1. The first-order valence-electron chi connectivity index (χ1n) is 7.65. The number of primary amides is 1. The van der Waals surface area contributed by atoms with Crippen molar-refractivity contribution in [2.45, 2.75) is 12.6 Å². The third-order valence-electron chi connectivity index (χ3n) is 5.54. The smallest absolute Gasteiger partial charge is 0.369 e. The Hall–Kier alpha value is -2.82. The Morgan fingerprint density at radius 1 is 1.32 bits per heavy atom. The molecule has 1 amide bonds. The summed E-state index contributed by atoms with van der Waals surface area (Å²) in [5, 5.41) is 9.77. The van der Waals surface area contributed by atoms with Gasteiger partial charge in [-0.25, -0.2) is 0 Å². The van der Waals surface area contributed by atoms with Crippen molar-refractivity contribution >= 4 is 22.5 Å². The third kappa shape index (κ3) is 1.83. The molecule has 1 aromatic heterocycles. The predicted molar refractivity (Wildman–Crippen MR) is 83.4 cm³/mol. The molecule has 1 saturated heterocycles. The average Bonchev–Trinajstić information content (AvgIpc) is 3.12. The molecule has 1 saturated carbocycles. The zero-order valence-corrected chi connectivity index (χ0v) is 13.0. The summed E-state index contributed by atoms with van der Waals surface area (Å²) in [6.07, 6.45) is -3.24. The highest BCUT2D eigenvalue weighted by molar-refractivity contribution is 5.96. The predicted octanol–water partition coefficient (Wildman–Crippen LogP) is 2.35. The van der Waals surface area contributed by atoms with Gasteiger partial charge in [0.2, 0.25) is 5.91 Å². The van der Waals surface area contributed by atoms with Gasteiger partial charge >= 0.3 is 6.18 Å². The summed E-state index contributed by atoms with van der Waals surface area (Å²) in [5.74, 6) is -0.914. The molecule has 1 aliphatic carbocycles. The van der Waals surface area contributed by atoms with E-state index in [0.29, 0.717) is 22.2 Å². The Balaban J connectivity index is 1.83. The van der Waals surface area contributed by atoms with Crippen LogP contribution in [0.4, 0.5) is 18.9 Å². The van der Waals surface area contributed by atoms with Crippen LogP contribution in [-0.2, 0) is 4.79 Å². The number of nitriles is 1. The lowest BCUT2D eigenvalue weighted by Crippen LogP contribution is -2.37. The number of alkyl halides is 3. The molecule has 0 bridgehead atoms. The van der Waals surface area contributed by atoms with Crippen LogP contribution in [0.2, 0.25) is 0 Å². The van der Waals surface area contributed by atoms with Crippen molar-refractivity contribution in [3.05, 3.63) is 36.0 Å². The molecule has 0 radical (unpaired) electrons. The number of benzene rings is 1. The Labute approximate surface area is 140 Å². The first kappa shape index (κ1) is 15.7. The number of nitrogens with zero attached hydrogens (tertiary/aromatic N) is 3. The number of amides is 1. The minimum Gasteiger partial charge on any atom is -0.369 e. The maximum Gasteiger partial charge on any atom is 0.397 e. The second-order valence-corrected chi connectivity index (χ2v) is 6.70. The molecule has 2 aliphatic rings. The average molecular weight is 346 g/mol. The number of hydrogen-bond acceptors (Lipinski definition) is 4. The largest absolute Gasteiger partial charge is 0.397 e. The van der Waals surface area contributed by atoms with Crippen LogP contribution >= 0.6 is 0 Å². The van der Waals surface area contributed by atoms with E-state index in [9.17, 15) is 23.2 Å². The van der Waals surface area contributed by atoms with Crippen LogP contribution in [0.5, 0.6) is 0 Å². The fourth-order valence-electron chi connectivity index (χ4n) is 4.15. The Bertz CT molecular complexity index is 951. The fourth-order valence-corrected chi connectivity index (χ4v) is 4.15. The minimum absolute atomic E-state index is 0.0856. The van der Waals surface area contributed by atoms with Crippen LogP contribution in [0, 0.1) is 22.2 Å². The summed E-state index contributed by atoms with van der Waals surface area (Å²) in [7, 11) is 0. The quantitative estimate of drug-likeness (QED) is 0.905. The molecular formula is C17H13F3N4O. The first-order valence-corrected chi connectivity index (χ1v) is 7.65. The number of anilines is 1. The maximum atomic E-state index is 13.6. The number of halogens is 3. The van der Waals surface area contributed by atoms with Crippen molar-refractivity contribution < 1.29 is 18.0 Å². The van der Waals surface area contributed by atoms with E-state index < -0.39 is 22.9 Å². The second-order valence-electron chi connectivity index (χ2n) is 6.70. The summed E-state index contributed by atoms with van der Waals surface area (Å²) in [6, 6.07) is 8.53. The molecule has 1 unspecified atom stereocenters. The molecule has 2 atom stereocenters. The van der Waals surface area contributed by atoms with Gasteiger partial charge in [-0.15, -0.1) is 0 Å². The second kappa shape index (κ2) is 4.63. The Morgan fingerprint density at radius 3 is 2.68 bits per heavy atom. The van der Waals surface area contributed by atoms with Crippen LogP contribution in [0.1, 0.15) is 12.0 Å². The van der Waals surface area contributed by atoms with Gasteiger partial charge in [-0.1, -0.05) is 0 Å². The molecule has 1 aliphatic heterocycles. The summed E-state index contributed by atoms with van der Waals surface area (Å²) < 4.78 is 40.9. The Morgan fingerprint density at radius 2 is 2.08 bits per heavy atom. The number of pyridine rings is 1. The van der Waals surface area contributed by atoms with E-state index in [-0.39, 0.29) is 19.5 Å². The van der Waals surface area contributed by atoms with Gasteiger partial charge in [-0.05, 0) is 30.7 Å². The number of fused-ring (bicyclic) bond motifs is 2. The van der Waals surface area contributed by atoms with Gasteiger partial charge in [0.15, 0.2) is 0 Å². The van der Waals surface area contributed by atoms with Crippen LogP contribution in [0.3, 0.4) is 0 Å². The number of carbonyl (C=O) groups is 1. The molecule has 128 valence electrons. The highest BCUT2D eigenvalue weighted by atomic mass is 19.4. The van der Waals surface area contributed by atoms with Crippen molar-refractivity contribution in [3.8, 4) is 6.07 Å². The zero-order valence-electron chi connectivity index (χ0n) is 13.0. The normalized spacial score (nSPS) is 27.8. The molecule has 8 heteroatoms.